The Morgan fingerprint density at radius 2 is 1.96 bits per heavy atom. The highest BCUT2D eigenvalue weighted by molar-refractivity contribution is 6.06. The van der Waals surface area contributed by atoms with Crippen molar-refractivity contribution in [1.82, 2.24) is 9.97 Å². The smallest absolute Gasteiger partial charge is 0.255 e. The third-order valence-corrected chi connectivity index (χ3v) is 4.12. The predicted octanol–water partition coefficient (Wildman–Crippen LogP) is 3.40. The molecule has 1 aliphatic rings. The van der Waals surface area contributed by atoms with Crippen LogP contribution in [0.25, 0.3) is 11.0 Å². The maximum Gasteiger partial charge on any atom is 0.255 e. The number of nitrogens with zero attached hydrogens (tertiary/aromatic N) is 2. The van der Waals surface area contributed by atoms with Crippen LogP contribution < -0.4 is 4.90 Å². The number of aromatic amines is 1. The summed E-state index contributed by atoms with van der Waals surface area (Å²) in [5.74, 6) is -0.171. The van der Waals surface area contributed by atoms with Gasteiger partial charge in [0, 0.05) is 11.8 Å². The number of hydrogen-bond donors (Lipinski definition) is 2. The maximum atomic E-state index is 12.4. The quantitative estimate of drug-likeness (QED) is 0.762. The van der Waals surface area contributed by atoms with Crippen LogP contribution in [-0.2, 0) is 4.79 Å². The summed E-state index contributed by atoms with van der Waals surface area (Å²) in [6, 6.07) is 12.9. The molecule has 3 aromatic rings. The van der Waals surface area contributed by atoms with Crippen LogP contribution in [0, 0.1) is 6.92 Å². The molecule has 0 radical (unpaired) electrons. The minimum Gasteiger partial charge on any atom is -0.510 e. The molecule has 114 valence electrons. The summed E-state index contributed by atoms with van der Waals surface area (Å²) in [6.07, 6.45) is 2.90. The number of nitrogens with one attached hydrogen (secondary N) is 1. The van der Waals surface area contributed by atoms with E-state index in [0.29, 0.717) is 0 Å². The fraction of sp³-hybridized carbons (Fsp3) is 0.111. The van der Waals surface area contributed by atoms with Crippen LogP contribution in [0.5, 0.6) is 0 Å². The Balaban J connectivity index is 1.81. The summed E-state index contributed by atoms with van der Waals surface area (Å²) < 4.78 is 0. The highest BCUT2D eigenvalue weighted by Crippen LogP contribution is 2.37. The van der Waals surface area contributed by atoms with Crippen molar-refractivity contribution in [2.75, 3.05) is 4.90 Å². The van der Waals surface area contributed by atoms with Crippen LogP contribution in [0.2, 0.25) is 0 Å². The number of aliphatic hydroxyl groups excluding tert-OH is 1. The van der Waals surface area contributed by atoms with E-state index in [4.69, 9.17) is 0 Å². The van der Waals surface area contributed by atoms with Crippen molar-refractivity contribution in [2.45, 2.75) is 13.0 Å². The molecule has 23 heavy (non-hydrogen) atoms. The third-order valence-electron chi connectivity index (χ3n) is 4.12. The SMILES string of the molecule is Cc1ccc(C2C(O)=CC(=O)N2c2ccc3nc[nH]c3c2)cc1. The fourth-order valence-corrected chi connectivity index (χ4v) is 2.95. The van der Waals surface area contributed by atoms with Gasteiger partial charge in [0.05, 0.1) is 17.4 Å². The van der Waals surface area contributed by atoms with Crippen molar-refractivity contribution < 1.29 is 9.90 Å². The molecule has 1 aromatic heterocycles. The normalized spacial score (nSPS) is 17.8. The summed E-state index contributed by atoms with van der Waals surface area (Å²) in [5.41, 5.74) is 4.42. The number of benzene rings is 2. The zero-order valence-corrected chi connectivity index (χ0v) is 12.5. The monoisotopic (exact) mass is 305 g/mol. The molecule has 0 fully saturated rings. The summed E-state index contributed by atoms with van der Waals surface area (Å²) in [5, 5.41) is 10.3. The molecule has 2 heterocycles. The van der Waals surface area contributed by atoms with E-state index in [9.17, 15) is 9.90 Å². The molecule has 0 saturated heterocycles. The second-order valence-electron chi connectivity index (χ2n) is 5.69. The summed E-state index contributed by atoms with van der Waals surface area (Å²) in [6.45, 7) is 2.00. The maximum absolute atomic E-state index is 12.4. The number of H-pyrrole nitrogens is 1. The summed E-state index contributed by atoms with van der Waals surface area (Å²) >= 11 is 0. The first-order valence-electron chi connectivity index (χ1n) is 7.37. The Labute approximate surface area is 132 Å². The second kappa shape index (κ2) is 4.98. The number of anilines is 1. The molecule has 2 aromatic carbocycles. The first-order valence-corrected chi connectivity index (χ1v) is 7.37. The number of hydrogen-bond acceptors (Lipinski definition) is 3. The standard InChI is InChI=1S/C18H15N3O2/c1-11-2-4-12(5-3-11)18-16(22)9-17(23)21(18)13-6-7-14-15(8-13)20-10-19-14/h2-10,18,22H,1H3,(H,19,20). The summed E-state index contributed by atoms with van der Waals surface area (Å²) in [4.78, 5) is 21.2. The van der Waals surface area contributed by atoms with Gasteiger partial charge >= 0.3 is 0 Å². The topological polar surface area (TPSA) is 69.2 Å². The predicted molar refractivity (Wildman–Crippen MR) is 88.2 cm³/mol. The number of rotatable bonds is 2. The Kier molecular flexibility index (Phi) is 2.94. The molecule has 0 aliphatic carbocycles. The van der Waals surface area contributed by atoms with Crippen molar-refractivity contribution in [1.29, 1.82) is 0 Å². The van der Waals surface area contributed by atoms with E-state index in [1.54, 1.807) is 11.2 Å². The zero-order valence-electron chi connectivity index (χ0n) is 12.5. The van der Waals surface area contributed by atoms with Gasteiger partial charge in [-0.3, -0.25) is 9.69 Å². The lowest BCUT2D eigenvalue weighted by atomic mass is 10.0. The van der Waals surface area contributed by atoms with Gasteiger partial charge in [-0.25, -0.2) is 4.98 Å². The third kappa shape index (κ3) is 2.17. The van der Waals surface area contributed by atoms with Crippen molar-refractivity contribution in [3.05, 3.63) is 71.8 Å². The van der Waals surface area contributed by atoms with E-state index in [2.05, 4.69) is 9.97 Å². The fourth-order valence-electron chi connectivity index (χ4n) is 2.95. The van der Waals surface area contributed by atoms with Gasteiger partial charge in [0.25, 0.3) is 5.91 Å². The van der Waals surface area contributed by atoms with E-state index < -0.39 is 6.04 Å². The van der Waals surface area contributed by atoms with Crippen LogP contribution in [0.3, 0.4) is 0 Å². The summed E-state index contributed by atoms with van der Waals surface area (Å²) in [7, 11) is 0. The van der Waals surface area contributed by atoms with Crippen LogP contribution in [0.15, 0.2) is 60.6 Å². The molecule has 5 heteroatoms. The van der Waals surface area contributed by atoms with E-state index >= 15 is 0 Å². The van der Waals surface area contributed by atoms with Gasteiger partial charge in [0.1, 0.15) is 11.8 Å². The Bertz CT molecular complexity index is 925. The van der Waals surface area contributed by atoms with Gasteiger partial charge in [0.2, 0.25) is 0 Å². The molecule has 1 amide bonds. The van der Waals surface area contributed by atoms with Crippen molar-refractivity contribution in [3.63, 3.8) is 0 Å². The highest BCUT2D eigenvalue weighted by atomic mass is 16.3. The highest BCUT2D eigenvalue weighted by Gasteiger charge is 2.35. The van der Waals surface area contributed by atoms with Crippen molar-refractivity contribution in [3.8, 4) is 0 Å². The lowest BCUT2D eigenvalue weighted by molar-refractivity contribution is -0.113. The number of carbonyl (C=O) groups excluding carboxylic acids is 1. The Hall–Kier alpha value is -3.08. The zero-order chi connectivity index (χ0) is 16.0. The minimum atomic E-state index is -0.497. The number of carbonyl (C=O) groups is 1. The lowest BCUT2D eigenvalue weighted by Crippen LogP contribution is -2.29. The van der Waals surface area contributed by atoms with E-state index in [-0.39, 0.29) is 11.7 Å². The van der Waals surface area contributed by atoms with E-state index in [0.717, 1.165) is 27.8 Å². The number of fused-ring (bicyclic) bond motifs is 1. The number of aromatic nitrogens is 2. The molecule has 1 unspecified atom stereocenters. The first-order chi connectivity index (χ1) is 11.1. The average molecular weight is 305 g/mol. The van der Waals surface area contributed by atoms with E-state index in [1.807, 2.05) is 49.4 Å². The molecule has 5 nitrogen and oxygen atoms in total. The lowest BCUT2D eigenvalue weighted by Gasteiger charge is -2.26. The largest absolute Gasteiger partial charge is 0.510 e. The molecule has 2 N–H and O–H groups in total. The van der Waals surface area contributed by atoms with Gasteiger partial charge < -0.3 is 10.1 Å². The van der Waals surface area contributed by atoms with Crippen LogP contribution in [0.4, 0.5) is 5.69 Å². The van der Waals surface area contributed by atoms with Gasteiger partial charge in [-0.1, -0.05) is 29.8 Å². The molecule has 1 aliphatic heterocycles. The van der Waals surface area contributed by atoms with Gasteiger partial charge in [0.15, 0.2) is 0 Å². The molecule has 0 saturated carbocycles. The Morgan fingerprint density at radius 1 is 1.17 bits per heavy atom. The number of aryl methyl sites for hydroxylation is 1. The molecule has 0 bridgehead atoms. The van der Waals surface area contributed by atoms with Crippen LogP contribution >= 0.6 is 0 Å². The molecular formula is C18H15N3O2. The van der Waals surface area contributed by atoms with Gasteiger partial charge in [-0.15, -0.1) is 0 Å². The molecule has 0 spiro atoms. The van der Waals surface area contributed by atoms with E-state index in [1.165, 1.54) is 6.08 Å². The van der Waals surface area contributed by atoms with Gasteiger partial charge in [-0.05, 0) is 30.7 Å². The van der Waals surface area contributed by atoms with Gasteiger partial charge in [-0.2, -0.15) is 0 Å². The van der Waals surface area contributed by atoms with Crippen LogP contribution in [0.1, 0.15) is 17.2 Å². The average Bonchev–Trinajstić information content (AvgIpc) is 3.11. The van der Waals surface area contributed by atoms with Crippen LogP contribution in [-0.4, -0.2) is 21.0 Å². The number of amides is 1. The Morgan fingerprint density at radius 3 is 2.74 bits per heavy atom. The molecule has 4 rings (SSSR count). The molecule has 1 atom stereocenters. The number of imidazole rings is 1. The first kappa shape index (κ1) is 13.6. The minimum absolute atomic E-state index is 0.0589. The second-order valence-corrected chi connectivity index (χ2v) is 5.69. The van der Waals surface area contributed by atoms with Crippen molar-refractivity contribution >= 4 is 22.6 Å². The molecular weight excluding hydrogens is 290 g/mol. The number of aliphatic hydroxyl groups is 1. The van der Waals surface area contributed by atoms with Crippen molar-refractivity contribution in [2.24, 2.45) is 0 Å².